The normalized spacial score (nSPS) is 11.4. The Kier molecular flexibility index (Phi) is 9.14. The van der Waals surface area contributed by atoms with E-state index in [1.807, 2.05) is 6.08 Å². The fraction of sp³-hybridized carbons (Fsp3) is 0.571. The number of hydrogen-bond donors (Lipinski definition) is 0. The zero-order chi connectivity index (χ0) is 15.5. The molecule has 1 rings (SSSR count). The number of allylic oxidation sites excluding steroid dienone is 1. The highest BCUT2D eigenvalue weighted by Crippen LogP contribution is 2.26. The van der Waals surface area contributed by atoms with E-state index in [1.54, 1.807) is 16.7 Å². The van der Waals surface area contributed by atoms with Crippen molar-refractivity contribution in [3.8, 4) is 0 Å². The van der Waals surface area contributed by atoms with Gasteiger partial charge in [0.15, 0.2) is 0 Å². The Hall–Kier alpha value is -1.04. The fourth-order valence-electron chi connectivity index (χ4n) is 2.96. The molecule has 0 saturated carbocycles. The molecule has 1 aromatic rings. The smallest absolute Gasteiger partial charge is 0.0225 e. The van der Waals surface area contributed by atoms with Crippen molar-refractivity contribution in [3.05, 3.63) is 47.4 Å². The van der Waals surface area contributed by atoms with Gasteiger partial charge < -0.3 is 0 Å². The van der Waals surface area contributed by atoms with Crippen LogP contribution in [0.25, 0.3) is 6.08 Å². The van der Waals surface area contributed by atoms with Crippen LogP contribution in [-0.2, 0) is 19.3 Å². The van der Waals surface area contributed by atoms with Crippen molar-refractivity contribution < 1.29 is 0 Å². The molecule has 117 valence electrons. The first kappa shape index (κ1) is 18.0. The van der Waals surface area contributed by atoms with Gasteiger partial charge in [-0.15, -0.1) is 0 Å². The zero-order valence-corrected chi connectivity index (χ0v) is 14.4. The first-order valence-electron chi connectivity index (χ1n) is 8.87. The molecule has 0 aliphatic carbocycles. The Bertz CT molecular complexity index is 426. The van der Waals surface area contributed by atoms with Crippen LogP contribution in [-0.4, -0.2) is 0 Å². The van der Waals surface area contributed by atoms with E-state index in [0.717, 1.165) is 0 Å². The van der Waals surface area contributed by atoms with Crippen molar-refractivity contribution in [3.63, 3.8) is 0 Å². The highest BCUT2D eigenvalue weighted by molar-refractivity contribution is 5.58. The minimum atomic E-state index is 1.22. The van der Waals surface area contributed by atoms with Crippen LogP contribution < -0.4 is 0 Å². The second-order valence-corrected chi connectivity index (χ2v) is 5.98. The predicted octanol–water partition coefficient (Wildman–Crippen LogP) is 6.56. The Labute approximate surface area is 132 Å². The number of benzene rings is 1. The molecule has 0 spiro atoms. The van der Waals surface area contributed by atoms with Gasteiger partial charge in [-0.05, 0) is 67.7 Å². The quantitative estimate of drug-likeness (QED) is 0.456. The lowest BCUT2D eigenvalue weighted by Gasteiger charge is -2.18. The van der Waals surface area contributed by atoms with Gasteiger partial charge in [0.25, 0.3) is 0 Å². The van der Waals surface area contributed by atoms with Crippen LogP contribution in [0.2, 0.25) is 0 Å². The van der Waals surface area contributed by atoms with Gasteiger partial charge in [-0.3, -0.25) is 0 Å². The van der Waals surface area contributed by atoms with E-state index in [9.17, 15) is 0 Å². The number of hydrogen-bond acceptors (Lipinski definition) is 0. The van der Waals surface area contributed by atoms with Crippen LogP contribution in [0.1, 0.15) is 81.5 Å². The minimum absolute atomic E-state index is 1.22. The molecule has 0 aliphatic heterocycles. The van der Waals surface area contributed by atoms with Crippen molar-refractivity contribution >= 4 is 6.08 Å². The topological polar surface area (TPSA) is 0 Å². The summed E-state index contributed by atoms with van der Waals surface area (Å²) in [7, 11) is 0. The Morgan fingerprint density at radius 1 is 0.810 bits per heavy atom. The fourth-order valence-corrected chi connectivity index (χ4v) is 2.96. The van der Waals surface area contributed by atoms with E-state index in [0.29, 0.717) is 0 Å². The monoisotopic (exact) mass is 285 g/mol. The van der Waals surface area contributed by atoms with Gasteiger partial charge in [0, 0.05) is 0 Å². The lowest BCUT2D eigenvalue weighted by molar-refractivity contribution is 0.734. The largest absolute Gasteiger partial charge is 0.0836 e. The average molecular weight is 285 g/mol. The van der Waals surface area contributed by atoms with Crippen molar-refractivity contribution in [2.24, 2.45) is 0 Å². The lowest BCUT2D eigenvalue weighted by Crippen LogP contribution is -2.04. The molecule has 1 aromatic carbocycles. The van der Waals surface area contributed by atoms with Gasteiger partial charge in [-0.25, -0.2) is 0 Å². The second-order valence-electron chi connectivity index (χ2n) is 5.98. The van der Waals surface area contributed by atoms with Gasteiger partial charge in [-0.1, -0.05) is 64.3 Å². The third-order valence-electron chi connectivity index (χ3n) is 4.22. The summed E-state index contributed by atoms with van der Waals surface area (Å²) in [5.74, 6) is 0. The average Bonchev–Trinajstić information content (AvgIpc) is 2.50. The maximum atomic E-state index is 3.89. The van der Waals surface area contributed by atoms with Gasteiger partial charge in [0.1, 0.15) is 0 Å². The maximum absolute atomic E-state index is 3.89. The van der Waals surface area contributed by atoms with Gasteiger partial charge in [-0.2, -0.15) is 0 Å². The second kappa shape index (κ2) is 10.7. The van der Waals surface area contributed by atoms with E-state index >= 15 is 0 Å². The summed E-state index contributed by atoms with van der Waals surface area (Å²) in [6.07, 6.45) is 15.5. The molecule has 0 saturated heterocycles. The summed E-state index contributed by atoms with van der Waals surface area (Å²) in [4.78, 5) is 0. The van der Waals surface area contributed by atoms with Crippen LogP contribution in [0.4, 0.5) is 0 Å². The molecular weight excluding hydrogens is 252 g/mol. The summed E-state index contributed by atoms with van der Waals surface area (Å²) in [5, 5.41) is 0. The molecule has 0 atom stereocenters. The molecule has 1 radical (unpaired) electrons. The molecule has 0 fully saturated rings. The third kappa shape index (κ3) is 5.69. The molecule has 21 heavy (non-hydrogen) atoms. The van der Waals surface area contributed by atoms with Crippen molar-refractivity contribution in [2.45, 2.75) is 78.6 Å². The molecular formula is C21H33. The number of rotatable bonds is 10. The molecule has 0 heterocycles. The molecule has 0 aliphatic rings. The maximum Gasteiger partial charge on any atom is -0.0225 e. The Balaban J connectivity index is 3.18. The summed E-state index contributed by atoms with van der Waals surface area (Å²) in [6.45, 7) is 10.7. The SMILES string of the molecule is [CH2]/C=C/c1ccc(CCCC)c(CCCC)c1CCCC. The molecule has 0 unspecified atom stereocenters. The first-order valence-corrected chi connectivity index (χ1v) is 8.87. The third-order valence-corrected chi connectivity index (χ3v) is 4.22. The van der Waals surface area contributed by atoms with Crippen LogP contribution in [0, 0.1) is 6.92 Å². The first-order chi connectivity index (χ1) is 10.3. The predicted molar refractivity (Wildman–Crippen MR) is 96.7 cm³/mol. The van der Waals surface area contributed by atoms with E-state index in [4.69, 9.17) is 0 Å². The number of unbranched alkanes of at least 4 members (excludes halogenated alkanes) is 3. The molecule has 0 heteroatoms. The lowest BCUT2D eigenvalue weighted by atomic mass is 9.87. The van der Waals surface area contributed by atoms with Gasteiger partial charge >= 0.3 is 0 Å². The van der Waals surface area contributed by atoms with E-state index < -0.39 is 0 Å². The van der Waals surface area contributed by atoms with Crippen LogP contribution in [0.3, 0.4) is 0 Å². The molecule has 0 nitrogen and oxygen atoms in total. The standard InChI is InChI=1S/C21H33/c1-5-9-13-19-17-16-18(12-8-4)20(14-10-6-2)21(19)15-11-7-3/h8,12,16-17H,4-7,9-11,13-15H2,1-3H3/b12-8+. The summed E-state index contributed by atoms with van der Waals surface area (Å²) in [5.41, 5.74) is 6.23. The number of aryl methyl sites for hydroxylation is 1. The van der Waals surface area contributed by atoms with E-state index in [2.05, 4.69) is 45.9 Å². The summed E-state index contributed by atoms with van der Waals surface area (Å²) >= 11 is 0. The zero-order valence-electron chi connectivity index (χ0n) is 14.4. The Morgan fingerprint density at radius 3 is 1.95 bits per heavy atom. The summed E-state index contributed by atoms with van der Waals surface area (Å²) < 4.78 is 0. The highest BCUT2D eigenvalue weighted by atomic mass is 14.2. The van der Waals surface area contributed by atoms with Crippen LogP contribution in [0.15, 0.2) is 18.2 Å². The molecule has 0 N–H and O–H groups in total. The van der Waals surface area contributed by atoms with Crippen molar-refractivity contribution in [2.75, 3.05) is 0 Å². The van der Waals surface area contributed by atoms with Crippen LogP contribution >= 0.6 is 0 Å². The van der Waals surface area contributed by atoms with Gasteiger partial charge in [0.2, 0.25) is 0 Å². The summed E-state index contributed by atoms with van der Waals surface area (Å²) in [6, 6.07) is 4.68. The minimum Gasteiger partial charge on any atom is -0.0836 e. The molecule has 0 bridgehead atoms. The van der Waals surface area contributed by atoms with Crippen molar-refractivity contribution in [1.82, 2.24) is 0 Å². The molecule has 0 aromatic heterocycles. The Morgan fingerprint density at radius 2 is 1.38 bits per heavy atom. The van der Waals surface area contributed by atoms with Gasteiger partial charge in [0.05, 0.1) is 0 Å². The van der Waals surface area contributed by atoms with E-state index in [-0.39, 0.29) is 0 Å². The van der Waals surface area contributed by atoms with Crippen molar-refractivity contribution in [1.29, 1.82) is 0 Å². The highest BCUT2D eigenvalue weighted by Gasteiger charge is 2.11. The van der Waals surface area contributed by atoms with Crippen LogP contribution in [0.5, 0.6) is 0 Å². The molecule has 0 amide bonds. The van der Waals surface area contributed by atoms with E-state index in [1.165, 1.54) is 63.4 Å².